The number of rotatable bonds is 3. The number of aliphatic carboxylic acids is 1. The third-order valence-electron chi connectivity index (χ3n) is 2.60. The van der Waals surface area contributed by atoms with Crippen LogP contribution in [-0.4, -0.2) is 47.5 Å². The highest BCUT2D eigenvalue weighted by atomic mass is 16.5. The van der Waals surface area contributed by atoms with Gasteiger partial charge in [0.05, 0.1) is 7.11 Å². The minimum absolute atomic E-state index is 0.422. The fourth-order valence-corrected chi connectivity index (χ4v) is 1.84. The second-order valence-corrected chi connectivity index (χ2v) is 3.69. The van der Waals surface area contributed by atoms with Gasteiger partial charge in [-0.25, -0.2) is 4.79 Å². The van der Waals surface area contributed by atoms with Crippen LogP contribution in [-0.2, 0) is 19.1 Å². The van der Waals surface area contributed by atoms with Crippen LogP contribution in [0.15, 0.2) is 0 Å². The van der Waals surface area contributed by atoms with Crippen molar-refractivity contribution in [2.75, 3.05) is 13.7 Å². The second kappa shape index (κ2) is 5.48. The number of likely N-dealkylation sites (tertiary alicyclic amines) is 1. The number of piperidine rings is 1. The number of carbonyl (C=O) groups is 3. The summed E-state index contributed by atoms with van der Waals surface area (Å²) in [6.07, 6.45) is 1.60. The van der Waals surface area contributed by atoms with Crippen molar-refractivity contribution in [1.82, 2.24) is 4.90 Å². The molecule has 1 aliphatic heterocycles. The van der Waals surface area contributed by atoms with Crippen LogP contribution >= 0.6 is 0 Å². The molecule has 0 radical (unpaired) electrons. The lowest BCUT2D eigenvalue weighted by molar-refractivity contribution is -0.157. The number of esters is 1. The summed E-state index contributed by atoms with van der Waals surface area (Å²) in [5.74, 6) is -2.18. The van der Waals surface area contributed by atoms with E-state index in [-0.39, 0.29) is 0 Å². The molecule has 0 bridgehead atoms. The van der Waals surface area contributed by atoms with Crippen molar-refractivity contribution in [3.63, 3.8) is 0 Å². The van der Waals surface area contributed by atoms with Gasteiger partial charge in [0.1, 0.15) is 12.5 Å². The average Bonchev–Trinajstić information content (AvgIpc) is 2.27. The number of methoxy groups -OCH3 is 1. The normalized spacial score (nSPS) is 20.3. The summed E-state index contributed by atoms with van der Waals surface area (Å²) < 4.78 is 4.59. The number of carboxylic acid groups (broad SMARTS) is 1. The number of carboxylic acids is 1. The molecule has 0 aromatic rings. The molecule has 6 heteroatoms. The zero-order chi connectivity index (χ0) is 12.1. The maximum atomic E-state index is 11.6. The fraction of sp³-hybridized carbons (Fsp3) is 0.700. The van der Waals surface area contributed by atoms with E-state index in [9.17, 15) is 14.4 Å². The molecule has 1 aliphatic rings. The van der Waals surface area contributed by atoms with Gasteiger partial charge in [-0.2, -0.15) is 0 Å². The van der Waals surface area contributed by atoms with Gasteiger partial charge in [-0.15, -0.1) is 0 Å². The summed E-state index contributed by atoms with van der Waals surface area (Å²) in [7, 11) is 1.26. The van der Waals surface area contributed by atoms with E-state index >= 15 is 0 Å². The number of ether oxygens (including phenoxy) is 1. The van der Waals surface area contributed by atoms with Crippen LogP contribution in [0.5, 0.6) is 0 Å². The smallest absolute Gasteiger partial charge is 0.328 e. The SMILES string of the molecule is COC(=O)C1CCCCN1C(=O)CC(=O)O. The standard InChI is InChI=1S/C10H15NO5/c1-16-10(15)7-4-2-3-5-11(7)8(12)6-9(13)14/h7H,2-6H2,1H3,(H,13,14). The number of carbonyl (C=O) groups excluding carboxylic acids is 2. The molecule has 0 spiro atoms. The van der Waals surface area contributed by atoms with Gasteiger partial charge in [-0.3, -0.25) is 9.59 Å². The average molecular weight is 229 g/mol. The summed E-state index contributed by atoms with van der Waals surface area (Å²) in [6.45, 7) is 0.422. The van der Waals surface area contributed by atoms with Gasteiger partial charge >= 0.3 is 11.9 Å². The van der Waals surface area contributed by atoms with Crippen molar-refractivity contribution < 1.29 is 24.2 Å². The van der Waals surface area contributed by atoms with E-state index < -0.39 is 30.3 Å². The Morgan fingerprint density at radius 3 is 2.62 bits per heavy atom. The van der Waals surface area contributed by atoms with Crippen LogP contribution in [0, 0.1) is 0 Å². The van der Waals surface area contributed by atoms with E-state index in [0.29, 0.717) is 13.0 Å². The Morgan fingerprint density at radius 2 is 2.06 bits per heavy atom. The number of hydrogen-bond donors (Lipinski definition) is 1. The van der Waals surface area contributed by atoms with Gasteiger partial charge in [0, 0.05) is 6.54 Å². The van der Waals surface area contributed by atoms with E-state index in [1.165, 1.54) is 12.0 Å². The number of amides is 1. The highest BCUT2D eigenvalue weighted by Gasteiger charge is 2.33. The van der Waals surface area contributed by atoms with Crippen molar-refractivity contribution in [2.45, 2.75) is 31.7 Å². The van der Waals surface area contributed by atoms with E-state index in [1.807, 2.05) is 0 Å². The van der Waals surface area contributed by atoms with Gasteiger partial charge in [0.2, 0.25) is 5.91 Å². The minimum atomic E-state index is -1.18. The Morgan fingerprint density at radius 1 is 1.38 bits per heavy atom. The van der Waals surface area contributed by atoms with Crippen molar-refractivity contribution >= 4 is 17.8 Å². The summed E-state index contributed by atoms with van der Waals surface area (Å²) in [4.78, 5) is 34.7. The van der Waals surface area contributed by atoms with E-state index in [2.05, 4.69) is 4.74 Å². The van der Waals surface area contributed by atoms with Gasteiger partial charge in [-0.1, -0.05) is 0 Å². The molecule has 6 nitrogen and oxygen atoms in total. The lowest BCUT2D eigenvalue weighted by Gasteiger charge is -2.33. The molecule has 1 amide bonds. The first-order chi connectivity index (χ1) is 7.56. The Kier molecular flexibility index (Phi) is 4.28. The predicted octanol–water partition coefficient (Wildman–Crippen LogP) is 0.0152. The first kappa shape index (κ1) is 12.5. The summed E-state index contributed by atoms with van der Waals surface area (Å²) in [5.41, 5.74) is 0. The van der Waals surface area contributed by atoms with Crippen molar-refractivity contribution in [3.8, 4) is 0 Å². The minimum Gasteiger partial charge on any atom is -0.481 e. The van der Waals surface area contributed by atoms with Gasteiger partial charge < -0.3 is 14.7 Å². The predicted molar refractivity (Wildman–Crippen MR) is 53.6 cm³/mol. The molecule has 1 saturated heterocycles. The zero-order valence-corrected chi connectivity index (χ0v) is 9.14. The Balaban J connectivity index is 2.69. The van der Waals surface area contributed by atoms with Crippen LogP contribution in [0.2, 0.25) is 0 Å². The van der Waals surface area contributed by atoms with Crippen molar-refractivity contribution in [3.05, 3.63) is 0 Å². The molecule has 1 rings (SSSR count). The molecule has 1 N–H and O–H groups in total. The molecule has 16 heavy (non-hydrogen) atoms. The Labute approximate surface area is 93.2 Å². The van der Waals surface area contributed by atoms with Crippen LogP contribution in [0.25, 0.3) is 0 Å². The molecule has 1 heterocycles. The first-order valence-corrected chi connectivity index (χ1v) is 5.15. The first-order valence-electron chi connectivity index (χ1n) is 5.15. The third-order valence-corrected chi connectivity index (χ3v) is 2.60. The molecule has 1 unspecified atom stereocenters. The third kappa shape index (κ3) is 2.95. The monoisotopic (exact) mass is 229 g/mol. The van der Waals surface area contributed by atoms with Crippen LogP contribution in [0.1, 0.15) is 25.7 Å². The summed E-state index contributed by atoms with van der Waals surface area (Å²) in [5, 5.41) is 8.53. The van der Waals surface area contributed by atoms with E-state index in [4.69, 9.17) is 5.11 Å². The van der Waals surface area contributed by atoms with Gasteiger partial charge in [0.15, 0.2) is 0 Å². The molecular formula is C10H15NO5. The van der Waals surface area contributed by atoms with E-state index in [0.717, 1.165) is 12.8 Å². The zero-order valence-electron chi connectivity index (χ0n) is 9.14. The number of hydrogen-bond acceptors (Lipinski definition) is 4. The molecule has 0 aromatic carbocycles. The summed E-state index contributed by atoms with van der Waals surface area (Å²) >= 11 is 0. The van der Waals surface area contributed by atoms with Crippen molar-refractivity contribution in [2.24, 2.45) is 0 Å². The van der Waals surface area contributed by atoms with Gasteiger partial charge in [-0.05, 0) is 19.3 Å². The van der Waals surface area contributed by atoms with Crippen LogP contribution in [0.4, 0.5) is 0 Å². The highest BCUT2D eigenvalue weighted by Crippen LogP contribution is 2.18. The second-order valence-electron chi connectivity index (χ2n) is 3.69. The molecular weight excluding hydrogens is 214 g/mol. The van der Waals surface area contributed by atoms with Crippen LogP contribution in [0.3, 0.4) is 0 Å². The highest BCUT2D eigenvalue weighted by molar-refractivity contribution is 5.95. The van der Waals surface area contributed by atoms with E-state index in [1.54, 1.807) is 0 Å². The fourth-order valence-electron chi connectivity index (χ4n) is 1.84. The van der Waals surface area contributed by atoms with Crippen LogP contribution < -0.4 is 0 Å². The lowest BCUT2D eigenvalue weighted by Crippen LogP contribution is -2.48. The summed E-state index contributed by atoms with van der Waals surface area (Å²) in [6, 6.07) is -0.620. The Bertz CT molecular complexity index is 302. The molecule has 90 valence electrons. The largest absolute Gasteiger partial charge is 0.481 e. The maximum Gasteiger partial charge on any atom is 0.328 e. The number of nitrogens with zero attached hydrogens (tertiary/aromatic N) is 1. The van der Waals surface area contributed by atoms with Gasteiger partial charge in [0.25, 0.3) is 0 Å². The molecule has 0 aromatic heterocycles. The molecule has 1 atom stereocenters. The maximum absolute atomic E-state index is 11.6. The molecule has 0 aliphatic carbocycles. The van der Waals surface area contributed by atoms with Crippen molar-refractivity contribution in [1.29, 1.82) is 0 Å². The molecule has 0 saturated carbocycles. The Hall–Kier alpha value is -1.59. The topological polar surface area (TPSA) is 83.9 Å². The quantitative estimate of drug-likeness (QED) is 0.544. The lowest BCUT2D eigenvalue weighted by atomic mass is 10.0. The molecule has 1 fully saturated rings.